The molecule has 22 heavy (non-hydrogen) atoms. The van der Waals surface area contributed by atoms with Gasteiger partial charge in [0.2, 0.25) is 0 Å². The van der Waals surface area contributed by atoms with Crippen molar-refractivity contribution in [1.82, 2.24) is 4.90 Å². The van der Waals surface area contributed by atoms with Crippen LogP contribution in [0.1, 0.15) is 35.1 Å². The van der Waals surface area contributed by atoms with Crippen LogP contribution in [0.15, 0.2) is 12.1 Å². The van der Waals surface area contributed by atoms with Crippen molar-refractivity contribution in [2.75, 3.05) is 14.2 Å². The van der Waals surface area contributed by atoms with Crippen LogP contribution in [-0.2, 0) is 4.79 Å². The van der Waals surface area contributed by atoms with E-state index in [1.54, 1.807) is 12.1 Å². The molecule has 0 unspecified atom stereocenters. The number of carboxylic acid groups (broad SMARTS) is 1. The molecule has 0 spiro atoms. The number of fused-ring (bicyclic) bond motifs is 3. The maximum absolute atomic E-state index is 12.8. The Morgan fingerprint density at radius 2 is 2.00 bits per heavy atom. The van der Waals surface area contributed by atoms with E-state index >= 15 is 0 Å². The summed E-state index contributed by atoms with van der Waals surface area (Å²) in [6.45, 7) is 3.62. The van der Waals surface area contributed by atoms with E-state index < -0.39 is 16.8 Å². The van der Waals surface area contributed by atoms with E-state index in [0.717, 1.165) is 5.56 Å². The molecule has 0 radical (unpaired) electrons. The van der Waals surface area contributed by atoms with Gasteiger partial charge in [-0.25, -0.2) is 0 Å². The second-order valence-electron chi connectivity index (χ2n) is 5.77. The second-order valence-corrected chi connectivity index (χ2v) is 7.51. The molecule has 0 saturated carbocycles. The molecule has 0 bridgehead atoms. The van der Waals surface area contributed by atoms with Gasteiger partial charge < -0.3 is 24.3 Å². The number of carbonyl (C=O) groups excluding carboxylic acids is 2. The average Bonchev–Trinajstić information content (AvgIpc) is 2.88. The molecule has 0 N–H and O–H groups in total. The first kappa shape index (κ1) is 15.0. The van der Waals surface area contributed by atoms with Crippen LogP contribution in [0.2, 0.25) is 0 Å². The van der Waals surface area contributed by atoms with Gasteiger partial charge in [-0.15, -0.1) is 11.8 Å². The zero-order chi connectivity index (χ0) is 16.2. The van der Waals surface area contributed by atoms with Gasteiger partial charge in [0.15, 0.2) is 11.5 Å². The van der Waals surface area contributed by atoms with E-state index in [1.165, 1.54) is 30.9 Å². The van der Waals surface area contributed by atoms with E-state index in [9.17, 15) is 14.7 Å². The van der Waals surface area contributed by atoms with Crippen molar-refractivity contribution < 1.29 is 24.2 Å². The standard InChI is InChI=1S/C15H17NO5S/c1-15(2)11(14(18)19)16-12(17)9-7(13(16)22-15)5-6-8(20-3)10(9)21-4/h5-6,11,13H,1-4H3,(H,18,19)/p-1/t11-,13+/m0/s1. The minimum absolute atomic E-state index is 0.343. The molecular weight excluding hydrogens is 306 g/mol. The topological polar surface area (TPSA) is 78.9 Å². The van der Waals surface area contributed by atoms with Crippen molar-refractivity contribution >= 4 is 23.6 Å². The lowest BCUT2D eigenvalue weighted by Gasteiger charge is -2.31. The molecule has 0 aliphatic carbocycles. The number of aliphatic carboxylic acids is 1. The Morgan fingerprint density at radius 1 is 1.32 bits per heavy atom. The zero-order valence-electron chi connectivity index (χ0n) is 12.7. The third-order valence-electron chi connectivity index (χ3n) is 4.12. The summed E-state index contributed by atoms with van der Waals surface area (Å²) in [7, 11) is 2.95. The van der Waals surface area contributed by atoms with Crippen LogP contribution in [0.5, 0.6) is 11.5 Å². The highest BCUT2D eigenvalue weighted by molar-refractivity contribution is 8.01. The van der Waals surface area contributed by atoms with Gasteiger partial charge in [0.25, 0.3) is 5.91 Å². The van der Waals surface area contributed by atoms with Gasteiger partial charge in [-0.3, -0.25) is 4.79 Å². The fraction of sp³-hybridized carbons (Fsp3) is 0.467. The molecule has 118 valence electrons. The van der Waals surface area contributed by atoms with Crippen molar-refractivity contribution in [3.63, 3.8) is 0 Å². The summed E-state index contributed by atoms with van der Waals surface area (Å²) in [4.78, 5) is 25.8. The van der Waals surface area contributed by atoms with Crippen LogP contribution in [-0.4, -0.2) is 41.8 Å². The molecular formula is C15H16NO5S-. The molecule has 2 heterocycles. The van der Waals surface area contributed by atoms with Crippen molar-refractivity contribution in [3.05, 3.63) is 23.3 Å². The van der Waals surface area contributed by atoms with E-state index in [0.29, 0.717) is 17.1 Å². The summed E-state index contributed by atoms with van der Waals surface area (Å²) >= 11 is 1.44. The first-order valence-corrected chi connectivity index (χ1v) is 7.67. The lowest BCUT2D eigenvalue weighted by molar-refractivity contribution is -0.311. The molecule has 2 aliphatic heterocycles. The fourth-order valence-electron chi connectivity index (χ4n) is 3.21. The minimum atomic E-state index is -1.24. The third kappa shape index (κ3) is 1.81. The number of rotatable bonds is 3. The molecule has 0 aromatic heterocycles. The van der Waals surface area contributed by atoms with Gasteiger partial charge in [-0.2, -0.15) is 0 Å². The molecule has 1 amide bonds. The number of methoxy groups -OCH3 is 2. The van der Waals surface area contributed by atoms with Gasteiger partial charge in [-0.05, 0) is 19.9 Å². The summed E-state index contributed by atoms with van der Waals surface area (Å²) in [5, 5.41) is 11.2. The van der Waals surface area contributed by atoms with Crippen LogP contribution in [0.25, 0.3) is 0 Å². The second kappa shape index (κ2) is 4.81. The van der Waals surface area contributed by atoms with Crippen molar-refractivity contribution in [1.29, 1.82) is 0 Å². The monoisotopic (exact) mass is 322 g/mol. The Bertz CT molecular complexity index is 672. The number of carboxylic acids is 1. The molecule has 1 aromatic rings. The summed E-state index contributed by atoms with van der Waals surface area (Å²) in [5.41, 5.74) is 1.13. The summed E-state index contributed by atoms with van der Waals surface area (Å²) in [5.74, 6) is -0.810. The van der Waals surface area contributed by atoms with Crippen LogP contribution >= 0.6 is 11.8 Å². The lowest BCUT2D eigenvalue weighted by Crippen LogP contribution is -2.53. The Hall–Kier alpha value is -1.89. The van der Waals surface area contributed by atoms with Crippen molar-refractivity contribution in [3.8, 4) is 11.5 Å². The predicted molar refractivity (Wildman–Crippen MR) is 78.9 cm³/mol. The van der Waals surface area contributed by atoms with Crippen LogP contribution in [0.4, 0.5) is 0 Å². The van der Waals surface area contributed by atoms with E-state index in [1.807, 2.05) is 13.8 Å². The normalized spacial score (nSPS) is 24.9. The number of nitrogens with zero attached hydrogens (tertiary/aromatic N) is 1. The number of benzene rings is 1. The van der Waals surface area contributed by atoms with Crippen LogP contribution < -0.4 is 14.6 Å². The Labute approximate surface area is 132 Å². The quantitative estimate of drug-likeness (QED) is 0.819. The Balaban J connectivity index is 2.17. The smallest absolute Gasteiger partial charge is 0.259 e. The largest absolute Gasteiger partial charge is 0.548 e. The molecule has 3 rings (SSSR count). The lowest BCUT2D eigenvalue weighted by atomic mass is 10.0. The molecule has 1 fully saturated rings. The van der Waals surface area contributed by atoms with Gasteiger partial charge in [-0.1, -0.05) is 6.07 Å². The molecule has 1 aromatic carbocycles. The summed E-state index contributed by atoms with van der Waals surface area (Å²) < 4.78 is 9.91. The van der Waals surface area contributed by atoms with Crippen LogP contribution in [0, 0.1) is 0 Å². The number of hydrogen-bond acceptors (Lipinski definition) is 6. The number of amides is 1. The fourth-order valence-corrected chi connectivity index (χ4v) is 4.78. The van der Waals surface area contributed by atoms with Crippen molar-refractivity contribution in [2.24, 2.45) is 0 Å². The maximum atomic E-state index is 12.8. The number of thioether (sulfide) groups is 1. The Morgan fingerprint density at radius 3 is 2.55 bits per heavy atom. The molecule has 1 saturated heterocycles. The summed E-state index contributed by atoms with van der Waals surface area (Å²) in [6, 6.07) is 2.53. The minimum Gasteiger partial charge on any atom is -0.548 e. The zero-order valence-corrected chi connectivity index (χ0v) is 13.5. The van der Waals surface area contributed by atoms with Gasteiger partial charge in [0.1, 0.15) is 5.37 Å². The molecule has 6 nitrogen and oxygen atoms in total. The highest BCUT2D eigenvalue weighted by Gasteiger charge is 2.56. The molecule has 7 heteroatoms. The Kier molecular flexibility index (Phi) is 3.28. The first-order valence-electron chi connectivity index (χ1n) is 6.79. The molecule has 2 aliphatic rings. The predicted octanol–water partition coefficient (Wildman–Crippen LogP) is 0.802. The maximum Gasteiger partial charge on any atom is 0.259 e. The van der Waals surface area contributed by atoms with E-state index in [-0.39, 0.29) is 11.3 Å². The van der Waals surface area contributed by atoms with Crippen LogP contribution in [0.3, 0.4) is 0 Å². The number of hydrogen-bond donors (Lipinski definition) is 0. The number of ether oxygens (including phenoxy) is 2. The number of carbonyl (C=O) groups is 2. The highest BCUT2D eigenvalue weighted by Crippen LogP contribution is 2.58. The average molecular weight is 322 g/mol. The van der Waals surface area contributed by atoms with Gasteiger partial charge in [0, 0.05) is 10.3 Å². The van der Waals surface area contributed by atoms with E-state index in [4.69, 9.17) is 9.47 Å². The highest BCUT2D eigenvalue weighted by atomic mass is 32.2. The third-order valence-corrected chi connectivity index (χ3v) is 5.66. The SMILES string of the molecule is COc1ccc2c(c1OC)C(=O)N1[C@@H]2SC(C)(C)[C@@H]1C(=O)[O-]. The molecule has 2 atom stereocenters. The summed E-state index contributed by atoms with van der Waals surface area (Å²) in [6.07, 6.45) is 0. The van der Waals surface area contributed by atoms with Crippen molar-refractivity contribution in [2.45, 2.75) is 30.0 Å². The van der Waals surface area contributed by atoms with Gasteiger partial charge >= 0.3 is 0 Å². The first-order chi connectivity index (χ1) is 10.3. The van der Waals surface area contributed by atoms with Gasteiger partial charge in [0.05, 0.1) is 31.8 Å². The van der Waals surface area contributed by atoms with E-state index in [2.05, 4.69) is 0 Å².